The number of rotatable bonds is 14. The number of likely N-dealkylation sites (N-methyl/N-ethyl adjacent to an activating group) is 1. The number of halogens is 3. The van der Waals surface area contributed by atoms with Gasteiger partial charge < -0.3 is 14.6 Å². The normalized spacial score (nSPS) is 16.7. The van der Waals surface area contributed by atoms with Crippen molar-refractivity contribution in [2.75, 3.05) is 45.7 Å². The van der Waals surface area contributed by atoms with Gasteiger partial charge in [0, 0.05) is 33.0 Å². The van der Waals surface area contributed by atoms with Crippen molar-refractivity contribution in [3.63, 3.8) is 0 Å². The Morgan fingerprint density at radius 1 is 1.15 bits per heavy atom. The van der Waals surface area contributed by atoms with E-state index < -0.39 is 39.8 Å². The van der Waals surface area contributed by atoms with E-state index in [-0.39, 0.29) is 49.1 Å². The number of nitrogens with one attached hydrogen (secondary N) is 1. The number of carbonyl (C=O) groups is 2. The number of hydrogen-bond acceptors (Lipinski definition) is 11. The van der Waals surface area contributed by atoms with E-state index in [4.69, 9.17) is 31.3 Å². The summed E-state index contributed by atoms with van der Waals surface area (Å²) in [6.45, 7) is 0.918. The minimum Gasteiger partial charge on any atom is -0.460 e. The maximum absolute atomic E-state index is 15.5. The summed E-state index contributed by atoms with van der Waals surface area (Å²) in [5.41, 5.74) is 0.0431. The van der Waals surface area contributed by atoms with Crippen LogP contribution in [0.5, 0.6) is 0 Å². The van der Waals surface area contributed by atoms with Crippen molar-refractivity contribution in [2.45, 2.75) is 25.0 Å². The maximum atomic E-state index is 15.5. The molecule has 0 saturated heterocycles. The zero-order valence-corrected chi connectivity index (χ0v) is 30.0. The van der Waals surface area contributed by atoms with E-state index in [1.165, 1.54) is 24.0 Å². The Labute approximate surface area is 307 Å². The van der Waals surface area contributed by atoms with Crippen LogP contribution in [-0.4, -0.2) is 84.7 Å². The molecule has 270 valence electrons. The molecular formula is C36H35ClF2N7O5S+. The van der Waals surface area contributed by atoms with Crippen molar-refractivity contribution >= 4 is 53.4 Å². The molecule has 3 atom stereocenters. The summed E-state index contributed by atoms with van der Waals surface area (Å²) in [4.78, 5) is 35.5. The molecule has 0 bridgehead atoms. The monoisotopic (exact) mass is 750 g/mol. The van der Waals surface area contributed by atoms with Crippen LogP contribution in [0.2, 0.25) is 5.02 Å². The molecule has 12 nitrogen and oxygen atoms in total. The highest BCUT2D eigenvalue weighted by Crippen LogP contribution is 2.42. The molecule has 16 heteroatoms. The van der Waals surface area contributed by atoms with Crippen LogP contribution in [0, 0.1) is 23.0 Å². The van der Waals surface area contributed by atoms with Crippen LogP contribution in [0.15, 0.2) is 76.1 Å². The van der Waals surface area contributed by atoms with Gasteiger partial charge in [0.25, 0.3) is 0 Å². The van der Waals surface area contributed by atoms with Crippen molar-refractivity contribution in [3.8, 4) is 17.3 Å². The van der Waals surface area contributed by atoms with Crippen LogP contribution in [0.4, 0.5) is 19.3 Å². The van der Waals surface area contributed by atoms with Crippen LogP contribution in [0.1, 0.15) is 34.5 Å². The number of quaternary nitrogens is 1. The number of carbonyl (C=O) groups excluding carboxylic acids is 2. The van der Waals surface area contributed by atoms with Crippen molar-refractivity contribution in [2.24, 2.45) is 10.1 Å². The SMILES string of the molecule is C[C@@H](c1nc(-c2ccc(C#N)cc2)cs1)[C@](O)(C[N+]1(CCOC(=O)Nc2cccc(Cl)c2COC(=O)CN(C)C)C=NC=N1)c1cc(F)ccc1F. The Bertz CT molecular complexity index is 2020. The lowest BCUT2D eigenvalue weighted by Crippen LogP contribution is -2.54. The Balaban J connectivity index is 1.34. The van der Waals surface area contributed by atoms with Gasteiger partial charge in [0.2, 0.25) is 6.34 Å². The van der Waals surface area contributed by atoms with Gasteiger partial charge in [-0.05, 0) is 56.6 Å². The van der Waals surface area contributed by atoms with Crippen molar-refractivity contribution in [1.29, 1.82) is 5.26 Å². The number of aliphatic imine (C=N–C) groups is 1. The third-order valence-electron chi connectivity index (χ3n) is 8.35. The smallest absolute Gasteiger partial charge is 0.411 e. The number of nitriles is 1. The molecule has 5 rings (SSSR count). The summed E-state index contributed by atoms with van der Waals surface area (Å²) in [6, 6.07) is 16.5. The van der Waals surface area contributed by atoms with E-state index in [9.17, 15) is 19.1 Å². The number of anilines is 1. The average molecular weight is 751 g/mol. The van der Waals surface area contributed by atoms with Gasteiger partial charge >= 0.3 is 12.1 Å². The number of hydrogen-bond donors (Lipinski definition) is 2. The molecule has 1 aromatic heterocycles. The highest BCUT2D eigenvalue weighted by atomic mass is 35.5. The molecule has 1 aliphatic heterocycles. The van der Waals surface area contributed by atoms with Gasteiger partial charge in [-0.25, -0.2) is 18.6 Å². The number of aliphatic hydroxyl groups is 1. The standard InChI is InChI=1S/C36H34ClF2N7O5S/c1-23(34-43-32(19-52-34)25-9-7-24(16-40)8-10-25)36(49,28-15-26(38)11-12-30(28)39)20-46(22-41-21-42-46)13-14-50-35(48)44-31-6-4-5-29(37)27(31)18-51-33(47)17-45(2)3/h4-12,15,19,21-23,49H,13-14,17-18,20H2,1-3H3/p+1/t23-,36+,46?/m0/s1. The number of nitrogens with zero attached hydrogens (tertiary/aromatic N) is 6. The molecule has 0 saturated carbocycles. The first-order valence-electron chi connectivity index (χ1n) is 15.9. The van der Waals surface area contributed by atoms with Crippen LogP contribution in [-0.2, 0) is 26.5 Å². The van der Waals surface area contributed by atoms with Gasteiger partial charge in [-0.15, -0.1) is 15.9 Å². The molecule has 1 amide bonds. The minimum atomic E-state index is -2.10. The topological polar surface area (TPSA) is 150 Å². The highest BCUT2D eigenvalue weighted by molar-refractivity contribution is 7.10. The third-order valence-corrected chi connectivity index (χ3v) is 9.73. The quantitative estimate of drug-likeness (QED) is 0.113. The summed E-state index contributed by atoms with van der Waals surface area (Å²) in [5.74, 6) is -2.96. The Morgan fingerprint density at radius 3 is 2.62 bits per heavy atom. The first-order chi connectivity index (χ1) is 24.8. The molecule has 1 unspecified atom stereocenters. The van der Waals surface area contributed by atoms with E-state index in [2.05, 4.69) is 21.5 Å². The van der Waals surface area contributed by atoms with E-state index in [1.807, 2.05) is 0 Å². The second-order valence-corrected chi connectivity index (χ2v) is 13.6. The van der Waals surface area contributed by atoms with Gasteiger partial charge in [0.1, 0.15) is 37.9 Å². The predicted molar refractivity (Wildman–Crippen MR) is 193 cm³/mol. The highest BCUT2D eigenvalue weighted by Gasteiger charge is 2.49. The molecule has 2 N–H and O–H groups in total. The number of benzene rings is 3. The van der Waals surface area contributed by atoms with Gasteiger partial charge in [0.15, 0.2) is 11.9 Å². The van der Waals surface area contributed by atoms with Crippen LogP contribution >= 0.6 is 22.9 Å². The van der Waals surface area contributed by atoms with Gasteiger partial charge in [-0.3, -0.25) is 15.0 Å². The fourth-order valence-electron chi connectivity index (χ4n) is 5.55. The number of esters is 1. The molecule has 0 spiro atoms. The molecule has 52 heavy (non-hydrogen) atoms. The van der Waals surface area contributed by atoms with E-state index >= 15 is 4.39 Å². The maximum Gasteiger partial charge on any atom is 0.411 e. The second kappa shape index (κ2) is 16.5. The molecule has 1 aliphatic rings. The summed E-state index contributed by atoms with van der Waals surface area (Å²) >= 11 is 7.58. The largest absolute Gasteiger partial charge is 0.460 e. The first kappa shape index (κ1) is 38.1. The second-order valence-electron chi connectivity index (χ2n) is 12.3. The van der Waals surface area contributed by atoms with E-state index in [1.54, 1.807) is 73.8 Å². The molecule has 4 aromatic rings. The number of ether oxygens (including phenoxy) is 2. The van der Waals surface area contributed by atoms with E-state index in [0.29, 0.717) is 21.8 Å². The fourth-order valence-corrected chi connectivity index (χ4v) is 6.76. The summed E-state index contributed by atoms with van der Waals surface area (Å²) < 4.78 is 40.5. The Kier molecular flexibility index (Phi) is 12.1. The van der Waals surface area contributed by atoms with Gasteiger partial charge in [-0.2, -0.15) is 10.3 Å². The fraction of sp³-hybridized carbons (Fsp3) is 0.278. The molecule has 0 aliphatic carbocycles. The third kappa shape index (κ3) is 9.02. The van der Waals surface area contributed by atoms with E-state index in [0.717, 1.165) is 23.8 Å². The molecule has 0 radical (unpaired) electrons. The zero-order chi connectivity index (χ0) is 37.5. The molecule has 2 heterocycles. The molecular weight excluding hydrogens is 716 g/mol. The lowest BCUT2D eigenvalue weighted by Gasteiger charge is -2.38. The summed E-state index contributed by atoms with van der Waals surface area (Å²) in [7, 11) is 3.45. The summed E-state index contributed by atoms with van der Waals surface area (Å²) in [5, 5.41) is 31.2. The first-order valence-corrected chi connectivity index (χ1v) is 17.2. The lowest BCUT2D eigenvalue weighted by atomic mass is 9.81. The van der Waals surface area contributed by atoms with Gasteiger partial charge in [-0.1, -0.05) is 41.8 Å². The van der Waals surface area contributed by atoms with Crippen LogP contribution < -0.4 is 5.32 Å². The van der Waals surface area contributed by atoms with Crippen molar-refractivity contribution in [3.05, 3.63) is 104 Å². The zero-order valence-electron chi connectivity index (χ0n) is 28.4. The molecule has 3 aromatic carbocycles. The Morgan fingerprint density at radius 2 is 1.92 bits per heavy atom. The molecule has 0 fully saturated rings. The van der Waals surface area contributed by atoms with Crippen LogP contribution in [0.25, 0.3) is 11.3 Å². The van der Waals surface area contributed by atoms with Crippen molar-refractivity contribution in [1.82, 2.24) is 9.88 Å². The van der Waals surface area contributed by atoms with Gasteiger partial charge in [0.05, 0.1) is 34.6 Å². The summed E-state index contributed by atoms with van der Waals surface area (Å²) in [6.07, 6.45) is 1.83. The number of thiazole rings is 1. The van der Waals surface area contributed by atoms with Crippen molar-refractivity contribution < 1.29 is 37.5 Å². The number of amides is 1. The lowest BCUT2D eigenvalue weighted by molar-refractivity contribution is -0.848. The Hall–Kier alpha value is -5.11. The average Bonchev–Trinajstić information content (AvgIpc) is 3.79. The minimum absolute atomic E-state index is 0.0434. The predicted octanol–water partition coefficient (Wildman–Crippen LogP) is 6.26. The van der Waals surface area contributed by atoms with Crippen LogP contribution in [0.3, 0.4) is 0 Å². The number of aromatic nitrogens is 1.